The molecule has 5 nitrogen and oxygen atoms in total. The SMILES string of the molecule is CC(C)COC(=O)[C@@H]1C[C@H]2C[C@H]2N1C(=O)O. The normalized spacial score (nSPS) is 31.4. The summed E-state index contributed by atoms with van der Waals surface area (Å²) in [4.78, 5) is 24.0. The van der Waals surface area contributed by atoms with E-state index in [4.69, 9.17) is 9.84 Å². The molecule has 1 amide bonds. The Bertz CT molecular complexity index is 315. The van der Waals surface area contributed by atoms with Crippen LogP contribution in [0.25, 0.3) is 0 Å². The Kier molecular flexibility index (Phi) is 2.78. The van der Waals surface area contributed by atoms with E-state index in [0.29, 0.717) is 18.9 Å². The molecule has 0 spiro atoms. The van der Waals surface area contributed by atoms with Gasteiger partial charge in [-0.05, 0) is 24.7 Å². The van der Waals surface area contributed by atoms with Gasteiger partial charge in [-0.2, -0.15) is 0 Å². The third-order valence-electron chi connectivity index (χ3n) is 3.16. The number of likely N-dealkylation sites (tertiary alicyclic amines) is 1. The van der Waals surface area contributed by atoms with Crippen LogP contribution in [-0.4, -0.2) is 40.8 Å². The highest BCUT2D eigenvalue weighted by atomic mass is 16.5. The molecule has 2 aliphatic rings. The van der Waals surface area contributed by atoms with Crippen LogP contribution in [0.4, 0.5) is 4.79 Å². The maximum absolute atomic E-state index is 11.7. The van der Waals surface area contributed by atoms with E-state index in [1.807, 2.05) is 13.8 Å². The average molecular weight is 227 g/mol. The number of esters is 1. The molecule has 5 heteroatoms. The predicted octanol–water partition coefficient (Wildman–Crippen LogP) is 1.33. The fourth-order valence-corrected chi connectivity index (χ4v) is 2.29. The standard InChI is InChI=1S/C11H17NO4/c1-6(2)5-16-10(13)9-4-7-3-8(7)12(9)11(14)15/h6-9H,3-5H2,1-2H3,(H,14,15)/t7-,8-,9+/m1/s1. The van der Waals surface area contributed by atoms with Gasteiger partial charge in [-0.15, -0.1) is 0 Å². The van der Waals surface area contributed by atoms with Crippen LogP contribution in [0.5, 0.6) is 0 Å². The molecule has 90 valence electrons. The summed E-state index contributed by atoms with van der Waals surface area (Å²) in [7, 11) is 0. The number of fused-ring (bicyclic) bond motifs is 1. The Hall–Kier alpha value is -1.26. The number of hydrogen-bond acceptors (Lipinski definition) is 3. The van der Waals surface area contributed by atoms with Gasteiger partial charge in [-0.1, -0.05) is 13.8 Å². The third-order valence-corrected chi connectivity index (χ3v) is 3.16. The first-order chi connectivity index (χ1) is 7.50. The first-order valence-electron chi connectivity index (χ1n) is 5.68. The van der Waals surface area contributed by atoms with Crippen LogP contribution in [0.2, 0.25) is 0 Å². The fourth-order valence-electron chi connectivity index (χ4n) is 2.29. The Morgan fingerprint density at radius 1 is 1.44 bits per heavy atom. The topological polar surface area (TPSA) is 66.8 Å². The van der Waals surface area contributed by atoms with Gasteiger partial charge < -0.3 is 9.84 Å². The Morgan fingerprint density at radius 2 is 2.12 bits per heavy atom. The van der Waals surface area contributed by atoms with E-state index in [1.54, 1.807) is 0 Å². The molecule has 2 rings (SSSR count). The van der Waals surface area contributed by atoms with Crippen LogP contribution in [0.1, 0.15) is 26.7 Å². The number of amides is 1. The number of carbonyl (C=O) groups excluding carboxylic acids is 1. The molecule has 2 fully saturated rings. The molecule has 1 aliphatic heterocycles. The second-order valence-corrected chi connectivity index (χ2v) is 5.03. The maximum Gasteiger partial charge on any atom is 0.408 e. The van der Waals surface area contributed by atoms with Crippen molar-refractivity contribution in [2.45, 2.75) is 38.8 Å². The highest BCUT2D eigenvalue weighted by Gasteiger charge is 2.56. The van der Waals surface area contributed by atoms with Crippen molar-refractivity contribution in [3.8, 4) is 0 Å². The highest BCUT2D eigenvalue weighted by Crippen LogP contribution is 2.47. The number of rotatable bonds is 3. The van der Waals surface area contributed by atoms with Crippen LogP contribution in [0.3, 0.4) is 0 Å². The number of carbonyl (C=O) groups is 2. The van der Waals surface area contributed by atoms with Gasteiger partial charge in [-0.3, -0.25) is 4.90 Å². The Labute approximate surface area is 94.4 Å². The molecule has 1 heterocycles. The molecule has 3 atom stereocenters. The lowest BCUT2D eigenvalue weighted by molar-refractivity contribution is -0.150. The number of carboxylic acid groups (broad SMARTS) is 1. The van der Waals surface area contributed by atoms with Crippen LogP contribution in [0, 0.1) is 11.8 Å². The lowest BCUT2D eigenvalue weighted by Gasteiger charge is -2.23. The minimum absolute atomic E-state index is 0.0640. The molecule has 1 aliphatic carbocycles. The summed E-state index contributed by atoms with van der Waals surface area (Å²) >= 11 is 0. The zero-order valence-electron chi connectivity index (χ0n) is 9.55. The maximum atomic E-state index is 11.7. The summed E-state index contributed by atoms with van der Waals surface area (Å²) < 4.78 is 5.09. The first-order valence-corrected chi connectivity index (χ1v) is 5.68. The average Bonchev–Trinajstić information content (AvgIpc) is 2.85. The summed E-state index contributed by atoms with van der Waals surface area (Å²) in [6.07, 6.45) is 0.533. The van der Waals surface area contributed by atoms with Crippen LogP contribution in [0.15, 0.2) is 0 Å². The predicted molar refractivity (Wildman–Crippen MR) is 56.0 cm³/mol. The molecule has 0 aromatic carbocycles. The van der Waals surface area contributed by atoms with E-state index in [0.717, 1.165) is 6.42 Å². The van der Waals surface area contributed by atoms with Crippen molar-refractivity contribution in [1.29, 1.82) is 0 Å². The van der Waals surface area contributed by atoms with Gasteiger partial charge in [0.15, 0.2) is 0 Å². The quantitative estimate of drug-likeness (QED) is 0.738. The molecule has 16 heavy (non-hydrogen) atoms. The van der Waals surface area contributed by atoms with Gasteiger partial charge in [0.25, 0.3) is 0 Å². The molecule has 0 unspecified atom stereocenters. The van der Waals surface area contributed by atoms with Crippen molar-refractivity contribution >= 4 is 12.1 Å². The molecule has 0 bridgehead atoms. The third kappa shape index (κ3) is 1.99. The van der Waals surface area contributed by atoms with Crippen molar-refractivity contribution in [3.05, 3.63) is 0 Å². The smallest absolute Gasteiger partial charge is 0.408 e. The van der Waals surface area contributed by atoms with Crippen molar-refractivity contribution in [1.82, 2.24) is 4.90 Å². The minimum Gasteiger partial charge on any atom is -0.465 e. The number of hydrogen-bond donors (Lipinski definition) is 1. The lowest BCUT2D eigenvalue weighted by atomic mass is 10.1. The number of nitrogens with zero attached hydrogens (tertiary/aromatic N) is 1. The first kappa shape index (κ1) is 11.2. The van der Waals surface area contributed by atoms with Crippen LogP contribution in [-0.2, 0) is 9.53 Å². The van der Waals surface area contributed by atoms with Crippen molar-refractivity contribution < 1.29 is 19.4 Å². The Morgan fingerprint density at radius 3 is 2.69 bits per heavy atom. The lowest BCUT2D eigenvalue weighted by Crippen LogP contribution is -2.43. The van der Waals surface area contributed by atoms with Gasteiger partial charge in [0.2, 0.25) is 0 Å². The fraction of sp³-hybridized carbons (Fsp3) is 0.818. The van der Waals surface area contributed by atoms with Crippen LogP contribution < -0.4 is 0 Å². The monoisotopic (exact) mass is 227 g/mol. The van der Waals surface area contributed by atoms with Gasteiger partial charge in [0, 0.05) is 6.04 Å². The van der Waals surface area contributed by atoms with E-state index in [2.05, 4.69) is 0 Å². The zero-order valence-corrected chi connectivity index (χ0v) is 9.55. The summed E-state index contributed by atoms with van der Waals surface area (Å²) in [6, 6.07) is -0.505. The van der Waals surface area contributed by atoms with E-state index in [1.165, 1.54) is 4.90 Å². The van der Waals surface area contributed by atoms with E-state index in [9.17, 15) is 9.59 Å². The zero-order chi connectivity index (χ0) is 11.9. The van der Waals surface area contributed by atoms with Gasteiger partial charge in [-0.25, -0.2) is 9.59 Å². The van der Waals surface area contributed by atoms with Crippen molar-refractivity contribution in [3.63, 3.8) is 0 Å². The molecule has 1 saturated heterocycles. The van der Waals surface area contributed by atoms with Gasteiger partial charge in [0.1, 0.15) is 6.04 Å². The van der Waals surface area contributed by atoms with Gasteiger partial charge >= 0.3 is 12.1 Å². The van der Waals surface area contributed by atoms with Crippen molar-refractivity contribution in [2.24, 2.45) is 11.8 Å². The molecular weight excluding hydrogens is 210 g/mol. The summed E-state index contributed by atoms with van der Waals surface area (Å²) in [5.41, 5.74) is 0. The second-order valence-electron chi connectivity index (χ2n) is 5.03. The molecular formula is C11H17NO4. The molecule has 1 saturated carbocycles. The minimum atomic E-state index is -1.00. The largest absolute Gasteiger partial charge is 0.465 e. The second kappa shape index (κ2) is 3.96. The van der Waals surface area contributed by atoms with Gasteiger partial charge in [0.05, 0.1) is 6.61 Å². The number of ether oxygens (including phenoxy) is 1. The summed E-state index contributed by atoms with van der Waals surface area (Å²) in [5, 5.41) is 9.03. The van der Waals surface area contributed by atoms with E-state index >= 15 is 0 Å². The number of piperidine rings is 1. The molecule has 0 aromatic rings. The molecule has 1 N–H and O–H groups in total. The summed E-state index contributed by atoms with van der Waals surface area (Å²) in [6.45, 7) is 4.26. The Balaban J connectivity index is 1.93. The van der Waals surface area contributed by atoms with Crippen LogP contribution >= 0.6 is 0 Å². The molecule has 0 radical (unpaired) electrons. The molecule has 0 aromatic heterocycles. The van der Waals surface area contributed by atoms with Crippen molar-refractivity contribution in [2.75, 3.05) is 6.61 Å². The van der Waals surface area contributed by atoms with E-state index < -0.39 is 12.1 Å². The highest BCUT2D eigenvalue weighted by molar-refractivity contribution is 5.82. The van der Waals surface area contributed by atoms with E-state index in [-0.39, 0.29) is 17.9 Å². The summed E-state index contributed by atoms with van der Waals surface area (Å²) in [5.74, 6) is 0.272.